The lowest BCUT2D eigenvalue weighted by molar-refractivity contribution is 0.379. The SMILES string of the molecule is CC(C)C1(CNc2nnc3ccccc3n2)CC1. The van der Waals surface area contributed by atoms with Crippen molar-refractivity contribution in [1.82, 2.24) is 15.2 Å². The maximum absolute atomic E-state index is 4.48. The normalized spacial score (nSPS) is 17.1. The van der Waals surface area contributed by atoms with Crippen LogP contribution in [-0.2, 0) is 0 Å². The largest absolute Gasteiger partial charge is 0.352 e. The van der Waals surface area contributed by atoms with Crippen LogP contribution in [0.1, 0.15) is 26.7 Å². The van der Waals surface area contributed by atoms with E-state index >= 15 is 0 Å². The maximum Gasteiger partial charge on any atom is 0.243 e. The highest BCUT2D eigenvalue weighted by atomic mass is 15.2. The Morgan fingerprint density at radius 3 is 2.56 bits per heavy atom. The van der Waals surface area contributed by atoms with Gasteiger partial charge in [0.25, 0.3) is 0 Å². The predicted molar refractivity (Wildman–Crippen MR) is 72.3 cm³/mol. The highest BCUT2D eigenvalue weighted by Gasteiger charge is 2.45. The monoisotopic (exact) mass is 242 g/mol. The van der Waals surface area contributed by atoms with Gasteiger partial charge < -0.3 is 5.32 Å². The maximum atomic E-state index is 4.48. The zero-order valence-electron chi connectivity index (χ0n) is 10.8. The molecule has 4 heteroatoms. The summed E-state index contributed by atoms with van der Waals surface area (Å²) in [6.07, 6.45) is 2.61. The second-order valence-electron chi connectivity index (χ2n) is 5.49. The van der Waals surface area contributed by atoms with Gasteiger partial charge in [0, 0.05) is 6.54 Å². The average molecular weight is 242 g/mol. The molecule has 3 rings (SSSR count). The highest BCUT2D eigenvalue weighted by molar-refractivity contribution is 5.74. The molecule has 94 valence electrons. The summed E-state index contributed by atoms with van der Waals surface area (Å²) in [7, 11) is 0. The summed E-state index contributed by atoms with van der Waals surface area (Å²) in [6, 6.07) is 7.81. The minimum absolute atomic E-state index is 0.453. The quantitative estimate of drug-likeness (QED) is 0.895. The standard InChI is InChI=1S/C14H18N4/c1-10(2)14(7-8-14)9-15-13-16-11-5-3-4-6-12(11)17-18-13/h3-6,10H,7-9H2,1-2H3,(H,15,16,18). The molecule has 1 saturated carbocycles. The first-order valence-corrected chi connectivity index (χ1v) is 6.53. The second-order valence-corrected chi connectivity index (χ2v) is 5.49. The average Bonchev–Trinajstić information content (AvgIpc) is 3.17. The van der Waals surface area contributed by atoms with Crippen molar-refractivity contribution < 1.29 is 0 Å². The Morgan fingerprint density at radius 1 is 1.17 bits per heavy atom. The van der Waals surface area contributed by atoms with Crippen LogP contribution in [0.4, 0.5) is 5.95 Å². The minimum atomic E-state index is 0.453. The molecule has 1 aromatic heterocycles. The van der Waals surface area contributed by atoms with Gasteiger partial charge in [0.15, 0.2) is 0 Å². The summed E-state index contributed by atoms with van der Waals surface area (Å²) in [4.78, 5) is 4.48. The van der Waals surface area contributed by atoms with Crippen LogP contribution in [0.15, 0.2) is 24.3 Å². The third-order valence-corrected chi connectivity index (χ3v) is 4.08. The molecule has 0 spiro atoms. The summed E-state index contributed by atoms with van der Waals surface area (Å²) >= 11 is 0. The van der Waals surface area contributed by atoms with Gasteiger partial charge in [-0.25, -0.2) is 4.98 Å². The van der Waals surface area contributed by atoms with Crippen molar-refractivity contribution in [2.45, 2.75) is 26.7 Å². The third-order valence-electron chi connectivity index (χ3n) is 4.08. The van der Waals surface area contributed by atoms with Crippen molar-refractivity contribution in [2.75, 3.05) is 11.9 Å². The zero-order valence-corrected chi connectivity index (χ0v) is 10.8. The van der Waals surface area contributed by atoms with Crippen LogP contribution in [0.25, 0.3) is 11.0 Å². The topological polar surface area (TPSA) is 50.7 Å². The van der Waals surface area contributed by atoms with E-state index in [0.717, 1.165) is 17.6 Å². The van der Waals surface area contributed by atoms with Crippen LogP contribution >= 0.6 is 0 Å². The fourth-order valence-electron chi connectivity index (χ4n) is 2.33. The van der Waals surface area contributed by atoms with Crippen molar-refractivity contribution in [3.8, 4) is 0 Å². The number of hydrogen-bond donors (Lipinski definition) is 1. The number of fused-ring (bicyclic) bond motifs is 1. The third kappa shape index (κ3) is 2.03. The molecule has 0 aliphatic heterocycles. The number of hydrogen-bond acceptors (Lipinski definition) is 4. The van der Waals surface area contributed by atoms with E-state index in [4.69, 9.17) is 0 Å². The molecule has 0 radical (unpaired) electrons. The number of nitrogens with zero attached hydrogens (tertiary/aromatic N) is 3. The smallest absolute Gasteiger partial charge is 0.243 e. The molecule has 0 bridgehead atoms. The van der Waals surface area contributed by atoms with Crippen LogP contribution in [0.5, 0.6) is 0 Å². The fraction of sp³-hybridized carbons (Fsp3) is 0.500. The van der Waals surface area contributed by atoms with Crippen molar-refractivity contribution in [1.29, 1.82) is 0 Å². The lowest BCUT2D eigenvalue weighted by atomic mass is 9.92. The Morgan fingerprint density at radius 2 is 1.89 bits per heavy atom. The van der Waals surface area contributed by atoms with Crippen LogP contribution in [0.3, 0.4) is 0 Å². The number of anilines is 1. The lowest BCUT2D eigenvalue weighted by Crippen LogP contribution is -2.22. The number of benzene rings is 1. The molecule has 0 atom stereocenters. The molecule has 1 aliphatic carbocycles. The predicted octanol–water partition coefficient (Wildman–Crippen LogP) is 2.87. The Balaban J connectivity index is 1.75. The lowest BCUT2D eigenvalue weighted by Gasteiger charge is -2.19. The summed E-state index contributed by atoms with van der Waals surface area (Å²) in [5.74, 6) is 1.35. The molecule has 2 aromatic rings. The van der Waals surface area contributed by atoms with Gasteiger partial charge in [-0.2, -0.15) is 0 Å². The molecule has 0 unspecified atom stereocenters. The Hall–Kier alpha value is -1.71. The molecule has 1 N–H and O–H groups in total. The molecule has 1 aliphatic rings. The van der Waals surface area contributed by atoms with Gasteiger partial charge in [-0.05, 0) is 36.3 Å². The van der Waals surface area contributed by atoms with Crippen molar-refractivity contribution in [3.05, 3.63) is 24.3 Å². The van der Waals surface area contributed by atoms with Crippen molar-refractivity contribution in [3.63, 3.8) is 0 Å². The van der Waals surface area contributed by atoms with E-state index in [-0.39, 0.29) is 0 Å². The molecule has 0 amide bonds. The van der Waals surface area contributed by atoms with Crippen LogP contribution in [0, 0.1) is 11.3 Å². The molecule has 18 heavy (non-hydrogen) atoms. The van der Waals surface area contributed by atoms with E-state index in [0.29, 0.717) is 17.3 Å². The Labute approximate surface area is 107 Å². The molecule has 1 aromatic carbocycles. The van der Waals surface area contributed by atoms with Crippen LogP contribution in [-0.4, -0.2) is 21.7 Å². The van der Waals surface area contributed by atoms with Crippen LogP contribution in [0.2, 0.25) is 0 Å². The summed E-state index contributed by atoms with van der Waals surface area (Å²) in [5, 5.41) is 11.6. The Bertz CT molecular complexity index is 560. The van der Waals surface area contributed by atoms with E-state index in [2.05, 4.69) is 34.3 Å². The fourth-order valence-corrected chi connectivity index (χ4v) is 2.33. The van der Waals surface area contributed by atoms with E-state index in [1.54, 1.807) is 0 Å². The van der Waals surface area contributed by atoms with Gasteiger partial charge in [0.2, 0.25) is 5.95 Å². The number of para-hydroxylation sites is 1. The van der Waals surface area contributed by atoms with E-state index in [1.807, 2.05) is 24.3 Å². The molecular weight excluding hydrogens is 224 g/mol. The van der Waals surface area contributed by atoms with Crippen molar-refractivity contribution >= 4 is 17.0 Å². The van der Waals surface area contributed by atoms with Gasteiger partial charge in [-0.3, -0.25) is 0 Å². The van der Waals surface area contributed by atoms with Crippen molar-refractivity contribution in [2.24, 2.45) is 11.3 Å². The molecule has 4 nitrogen and oxygen atoms in total. The van der Waals surface area contributed by atoms with Crippen LogP contribution < -0.4 is 5.32 Å². The Kier molecular flexibility index (Phi) is 2.65. The van der Waals surface area contributed by atoms with Gasteiger partial charge in [-0.15, -0.1) is 10.2 Å². The first-order valence-electron chi connectivity index (χ1n) is 6.53. The van der Waals surface area contributed by atoms with Gasteiger partial charge in [-0.1, -0.05) is 26.0 Å². The van der Waals surface area contributed by atoms with E-state index in [1.165, 1.54) is 12.8 Å². The zero-order chi connectivity index (χ0) is 12.6. The minimum Gasteiger partial charge on any atom is -0.352 e. The number of nitrogens with one attached hydrogen (secondary N) is 1. The summed E-state index contributed by atoms with van der Waals surface area (Å²) in [6.45, 7) is 5.52. The van der Waals surface area contributed by atoms with Gasteiger partial charge in [0.05, 0.1) is 5.52 Å². The summed E-state index contributed by atoms with van der Waals surface area (Å²) < 4.78 is 0. The molecule has 1 heterocycles. The highest BCUT2D eigenvalue weighted by Crippen LogP contribution is 2.51. The number of aromatic nitrogens is 3. The second kappa shape index (κ2) is 4.19. The molecule has 0 saturated heterocycles. The van der Waals surface area contributed by atoms with E-state index < -0.39 is 0 Å². The van der Waals surface area contributed by atoms with E-state index in [9.17, 15) is 0 Å². The van der Waals surface area contributed by atoms with Gasteiger partial charge >= 0.3 is 0 Å². The summed E-state index contributed by atoms with van der Waals surface area (Å²) in [5.41, 5.74) is 2.19. The number of rotatable bonds is 4. The van der Waals surface area contributed by atoms with Gasteiger partial charge in [0.1, 0.15) is 5.52 Å². The molecule has 1 fully saturated rings. The molecular formula is C14H18N4. The first kappa shape index (κ1) is 11.4. The first-order chi connectivity index (χ1) is 8.70.